The smallest absolute Gasteiger partial charge is 0.386 e. The molecule has 2 heterocycles. The molecule has 0 saturated carbocycles. The molecule has 1 atom stereocenters. The molecule has 2 aromatic rings. The number of nitrogens with two attached hydrogens (primary N) is 1. The lowest BCUT2D eigenvalue weighted by molar-refractivity contribution is -0.0832. The molecule has 2 aromatic heterocycles. The maximum atomic E-state index is 13.9. The maximum absolute atomic E-state index is 13.9. The summed E-state index contributed by atoms with van der Waals surface area (Å²) in [4.78, 5) is 0. The Morgan fingerprint density at radius 2 is 2.08 bits per heavy atom. The SMILES string of the molecule is C=CC(CC/C=C/OC(F)F)c1ccc2nnc(C(F)(F)CN)n2c1. The summed E-state index contributed by atoms with van der Waals surface area (Å²) in [5.41, 5.74) is 6.11. The van der Waals surface area contributed by atoms with Gasteiger partial charge in [0.1, 0.15) is 0 Å². The zero-order chi connectivity index (χ0) is 18.4. The Morgan fingerprint density at radius 3 is 2.72 bits per heavy atom. The Bertz CT molecular complexity index is 745. The van der Waals surface area contributed by atoms with Gasteiger partial charge in [0.2, 0.25) is 5.82 Å². The summed E-state index contributed by atoms with van der Waals surface area (Å²) in [5, 5.41) is 7.24. The zero-order valence-electron chi connectivity index (χ0n) is 13.3. The van der Waals surface area contributed by atoms with E-state index in [-0.39, 0.29) is 11.6 Å². The third-order valence-electron chi connectivity index (χ3n) is 3.64. The van der Waals surface area contributed by atoms with Crippen molar-refractivity contribution in [1.29, 1.82) is 0 Å². The van der Waals surface area contributed by atoms with Gasteiger partial charge in [-0.15, -0.1) is 16.8 Å². The topological polar surface area (TPSA) is 65.4 Å². The number of rotatable bonds is 9. The first-order chi connectivity index (χ1) is 11.9. The predicted molar refractivity (Wildman–Crippen MR) is 84.3 cm³/mol. The van der Waals surface area contributed by atoms with Crippen molar-refractivity contribution in [3.05, 3.63) is 54.7 Å². The standard InChI is InChI=1S/C16H18F4N4O/c1-2-11(5-3-4-8-25-15(17)18)12-6-7-13-22-23-14(24(13)9-12)16(19,20)10-21/h2,4,6-9,11,15H,1,3,5,10,21H2/b8-4+. The summed E-state index contributed by atoms with van der Waals surface area (Å²) >= 11 is 0. The van der Waals surface area contributed by atoms with Crippen molar-refractivity contribution in [2.24, 2.45) is 5.73 Å². The number of allylic oxidation sites excluding steroid dienone is 2. The molecule has 0 aliphatic heterocycles. The van der Waals surface area contributed by atoms with E-state index in [0.29, 0.717) is 12.8 Å². The fourth-order valence-corrected chi connectivity index (χ4v) is 2.35. The highest BCUT2D eigenvalue weighted by atomic mass is 19.3. The third-order valence-corrected chi connectivity index (χ3v) is 3.64. The second kappa shape index (κ2) is 8.11. The number of fused-ring (bicyclic) bond motifs is 1. The second-order valence-corrected chi connectivity index (χ2v) is 5.31. The normalized spacial score (nSPS) is 13.7. The van der Waals surface area contributed by atoms with Crippen LogP contribution in [0.2, 0.25) is 0 Å². The number of ether oxygens (including phenoxy) is 1. The average molecular weight is 358 g/mol. The van der Waals surface area contributed by atoms with Gasteiger partial charge < -0.3 is 10.5 Å². The van der Waals surface area contributed by atoms with Gasteiger partial charge in [-0.25, -0.2) is 0 Å². The van der Waals surface area contributed by atoms with Crippen LogP contribution in [-0.2, 0) is 10.7 Å². The average Bonchev–Trinajstić information content (AvgIpc) is 3.01. The summed E-state index contributed by atoms with van der Waals surface area (Å²) in [6.07, 6.45) is 6.58. The molecule has 0 saturated heterocycles. The van der Waals surface area contributed by atoms with Crippen molar-refractivity contribution in [2.45, 2.75) is 31.3 Å². The minimum Gasteiger partial charge on any atom is -0.443 e. The summed E-state index contributed by atoms with van der Waals surface area (Å²) in [6, 6.07) is 3.31. The van der Waals surface area contributed by atoms with Crippen LogP contribution in [0.15, 0.2) is 43.3 Å². The van der Waals surface area contributed by atoms with Crippen LogP contribution >= 0.6 is 0 Å². The minimum absolute atomic E-state index is 0.164. The van der Waals surface area contributed by atoms with Crippen molar-refractivity contribution in [3.63, 3.8) is 0 Å². The van der Waals surface area contributed by atoms with Crippen molar-refractivity contribution >= 4 is 5.65 Å². The Kier molecular flexibility index (Phi) is 6.13. The van der Waals surface area contributed by atoms with Crippen LogP contribution in [0.4, 0.5) is 17.6 Å². The molecule has 2 rings (SSSR count). The molecule has 0 aliphatic carbocycles. The number of halogens is 4. The van der Waals surface area contributed by atoms with E-state index in [1.807, 2.05) is 0 Å². The van der Waals surface area contributed by atoms with Crippen LogP contribution < -0.4 is 5.73 Å². The first-order valence-corrected chi connectivity index (χ1v) is 7.53. The molecule has 0 aliphatic rings. The number of pyridine rings is 1. The van der Waals surface area contributed by atoms with Crippen LogP contribution in [0, 0.1) is 0 Å². The second-order valence-electron chi connectivity index (χ2n) is 5.31. The summed E-state index contributed by atoms with van der Waals surface area (Å²) in [7, 11) is 0. The molecule has 136 valence electrons. The van der Waals surface area contributed by atoms with Crippen LogP contribution in [0.5, 0.6) is 0 Å². The molecular formula is C16H18F4N4O. The van der Waals surface area contributed by atoms with E-state index in [2.05, 4.69) is 21.5 Å². The van der Waals surface area contributed by atoms with Gasteiger partial charge in [0.05, 0.1) is 12.8 Å². The summed E-state index contributed by atoms with van der Waals surface area (Å²) < 4.78 is 56.7. The van der Waals surface area contributed by atoms with Crippen LogP contribution in [-0.4, -0.2) is 27.8 Å². The monoisotopic (exact) mass is 358 g/mol. The number of hydrogen-bond donors (Lipinski definition) is 1. The number of nitrogens with zero attached hydrogens (tertiary/aromatic N) is 3. The Labute approximate surface area is 141 Å². The molecule has 0 spiro atoms. The fraction of sp³-hybridized carbons (Fsp3) is 0.375. The zero-order valence-corrected chi connectivity index (χ0v) is 13.3. The van der Waals surface area contributed by atoms with Gasteiger partial charge in [-0.3, -0.25) is 4.40 Å². The van der Waals surface area contributed by atoms with Crippen LogP contribution in [0.1, 0.15) is 30.1 Å². The van der Waals surface area contributed by atoms with Gasteiger partial charge >= 0.3 is 12.5 Å². The molecule has 9 heteroatoms. The highest BCUT2D eigenvalue weighted by Crippen LogP contribution is 2.28. The molecular weight excluding hydrogens is 340 g/mol. The summed E-state index contributed by atoms with van der Waals surface area (Å²) in [5.74, 6) is -3.99. The highest BCUT2D eigenvalue weighted by Gasteiger charge is 2.35. The maximum Gasteiger partial charge on any atom is 0.386 e. The fourth-order valence-electron chi connectivity index (χ4n) is 2.35. The third kappa shape index (κ3) is 4.56. The minimum atomic E-state index is -3.29. The quantitative estimate of drug-likeness (QED) is 0.423. The Balaban J connectivity index is 2.19. The van der Waals surface area contributed by atoms with E-state index in [1.54, 1.807) is 18.2 Å². The largest absolute Gasteiger partial charge is 0.443 e. The molecule has 0 fully saturated rings. The van der Waals surface area contributed by atoms with E-state index in [9.17, 15) is 17.6 Å². The van der Waals surface area contributed by atoms with Gasteiger partial charge in [0.25, 0.3) is 0 Å². The Hall–Kier alpha value is -2.42. The van der Waals surface area contributed by atoms with Crippen molar-refractivity contribution in [3.8, 4) is 0 Å². The van der Waals surface area contributed by atoms with Crippen molar-refractivity contribution in [1.82, 2.24) is 14.6 Å². The van der Waals surface area contributed by atoms with E-state index in [4.69, 9.17) is 5.73 Å². The molecule has 1 unspecified atom stereocenters. The lowest BCUT2D eigenvalue weighted by Crippen LogP contribution is -2.27. The van der Waals surface area contributed by atoms with Gasteiger partial charge in [0.15, 0.2) is 5.65 Å². The molecule has 0 aromatic carbocycles. The van der Waals surface area contributed by atoms with Crippen molar-refractivity contribution < 1.29 is 22.3 Å². The van der Waals surface area contributed by atoms with E-state index in [1.165, 1.54) is 16.7 Å². The molecule has 25 heavy (non-hydrogen) atoms. The molecule has 0 radical (unpaired) electrons. The van der Waals surface area contributed by atoms with Gasteiger partial charge in [-0.2, -0.15) is 17.6 Å². The first-order valence-electron chi connectivity index (χ1n) is 7.53. The molecule has 2 N–H and O–H groups in total. The number of alkyl halides is 4. The van der Waals surface area contributed by atoms with Gasteiger partial charge in [-0.1, -0.05) is 12.1 Å². The summed E-state index contributed by atoms with van der Waals surface area (Å²) in [6.45, 7) is 0.00219. The lowest BCUT2D eigenvalue weighted by Gasteiger charge is -2.15. The van der Waals surface area contributed by atoms with E-state index in [0.717, 1.165) is 11.8 Å². The van der Waals surface area contributed by atoms with Crippen LogP contribution in [0.25, 0.3) is 5.65 Å². The highest BCUT2D eigenvalue weighted by molar-refractivity contribution is 5.41. The van der Waals surface area contributed by atoms with Crippen molar-refractivity contribution in [2.75, 3.05) is 6.54 Å². The molecule has 0 amide bonds. The predicted octanol–water partition coefficient (Wildman–Crippen LogP) is 3.58. The number of aromatic nitrogens is 3. The van der Waals surface area contributed by atoms with E-state index < -0.39 is 24.9 Å². The Morgan fingerprint density at radius 1 is 1.32 bits per heavy atom. The lowest BCUT2D eigenvalue weighted by atomic mass is 9.96. The van der Waals surface area contributed by atoms with Crippen LogP contribution in [0.3, 0.4) is 0 Å². The van der Waals surface area contributed by atoms with Gasteiger partial charge in [0, 0.05) is 12.1 Å². The first kappa shape index (κ1) is 18.9. The number of hydrogen-bond acceptors (Lipinski definition) is 4. The molecule has 5 nitrogen and oxygen atoms in total. The molecule has 0 bridgehead atoms. The van der Waals surface area contributed by atoms with Gasteiger partial charge in [-0.05, 0) is 30.5 Å². The van der Waals surface area contributed by atoms with E-state index >= 15 is 0 Å².